The summed E-state index contributed by atoms with van der Waals surface area (Å²) < 4.78 is 6.01. The molecule has 5 nitrogen and oxygen atoms in total. The molecule has 29 heavy (non-hydrogen) atoms. The van der Waals surface area contributed by atoms with Gasteiger partial charge in [0, 0.05) is 40.5 Å². The zero-order valence-corrected chi connectivity index (χ0v) is 17.8. The molecule has 0 spiro atoms. The van der Waals surface area contributed by atoms with E-state index in [2.05, 4.69) is 0 Å². The van der Waals surface area contributed by atoms with Crippen molar-refractivity contribution in [3.05, 3.63) is 63.6 Å². The number of piperidine rings is 1. The van der Waals surface area contributed by atoms with Crippen molar-refractivity contribution in [1.82, 2.24) is 4.90 Å². The van der Waals surface area contributed by atoms with Gasteiger partial charge in [-0.3, -0.25) is 9.59 Å². The van der Waals surface area contributed by atoms with Crippen molar-refractivity contribution in [2.75, 3.05) is 19.7 Å². The number of carbonyl (C=O) groups is 2. The smallest absolute Gasteiger partial charge is 0.253 e. The highest BCUT2D eigenvalue weighted by molar-refractivity contribution is 6.31. The Kier molecular flexibility index (Phi) is 6.70. The molecule has 0 unspecified atom stereocenters. The third kappa shape index (κ3) is 5.43. The molecule has 0 radical (unpaired) electrons. The van der Waals surface area contributed by atoms with Crippen molar-refractivity contribution in [3.8, 4) is 5.75 Å². The van der Waals surface area contributed by atoms with Gasteiger partial charge in [-0.25, -0.2) is 0 Å². The van der Waals surface area contributed by atoms with E-state index in [9.17, 15) is 9.59 Å². The number of hydrogen-bond donors (Lipinski definition) is 1. The largest absolute Gasteiger partial charge is 0.493 e. The maximum atomic E-state index is 13.0. The van der Waals surface area contributed by atoms with Crippen LogP contribution in [0.5, 0.6) is 5.75 Å². The first kappa shape index (κ1) is 21.5. The SMILES string of the molecule is Cc1cc(OC[C@]2(CC(N)=O)CCCN(C(=O)c3ccc(Cl)cc3)C2)ccc1Cl. The molecule has 7 heteroatoms. The fourth-order valence-corrected chi connectivity index (χ4v) is 4.03. The standard InChI is InChI=1S/C22H24Cl2N2O3/c1-15-11-18(7-8-19(15)24)29-14-22(12-20(25)27)9-2-10-26(13-22)21(28)16-3-5-17(23)6-4-16/h3-8,11H,2,9-10,12-14H2,1H3,(H2,25,27)/t22-/m0/s1. The Bertz CT molecular complexity index is 901. The molecular formula is C22H24Cl2N2O3. The Hall–Kier alpha value is -2.24. The molecule has 1 aliphatic heterocycles. The highest BCUT2D eigenvalue weighted by Gasteiger charge is 2.39. The van der Waals surface area contributed by atoms with Gasteiger partial charge in [-0.15, -0.1) is 0 Å². The minimum absolute atomic E-state index is 0.0856. The van der Waals surface area contributed by atoms with Crippen molar-refractivity contribution in [2.24, 2.45) is 11.1 Å². The number of nitrogens with two attached hydrogens (primary N) is 1. The van der Waals surface area contributed by atoms with Gasteiger partial charge in [0.05, 0.1) is 6.61 Å². The molecular weight excluding hydrogens is 411 g/mol. The summed E-state index contributed by atoms with van der Waals surface area (Å²) in [7, 11) is 0. The summed E-state index contributed by atoms with van der Waals surface area (Å²) in [5.74, 6) is 0.191. The molecule has 0 aromatic heterocycles. The number of nitrogens with zero attached hydrogens (tertiary/aromatic N) is 1. The Labute approximate surface area is 180 Å². The fourth-order valence-electron chi connectivity index (χ4n) is 3.78. The number of hydrogen-bond acceptors (Lipinski definition) is 3. The lowest BCUT2D eigenvalue weighted by Gasteiger charge is -2.42. The summed E-state index contributed by atoms with van der Waals surface area (Å²) in [5, 5.41) is 1.25. The van der Waals surface area contributed by atoms with Gasteiger partial charge in [0.1, 0.15) is 5.75 Å². The van der Waals surface area contributed by atoms with Crippen LogP contribution in [0.2, 0.25) is 10.0 Å². The molecule has 2 aromatic carbocycles. The number of halogens is 2. The first-order valence-electron chi connectivity index (χ1n) is 9.50. The predicted molar refractivity (Wildman–Crippen MR) is 115 cm³/mol. The zero-order valence-electron chi connectivity index (χ0n) is 16.3. The lowest BCUT2D eigenvalue weighted by molar-refractivity contribution is -0.122. The van der Waals surface area contributed by atoms with Crippen LogP contribution in [0.4, 0.5) is 0 Å². The van der Waals surface area contributed by atoms with E-state index in [0.717, 1.165) is 18.4 Å². The van der Waals surface area contributed by atoms with Crippen LogP contribution in [0.1, 0.15) is 35.2 Å². The van der Waals surface area contributed by atoms with Gasteiger partial charge < -0.3 is 15.4 Å². The van der Waals surface area contributed by atoms with Crippen molar-refractivity contribution in [1.29, 1.82) is 0 Å². The minimum Gasteiger partial charge on any atom is -0.493 e. The summed E-state index contributed by atoms with van der Waals surface area (Å²) in [5.41, 5.74) is 6.49. The molecule has 0 aliphatic carbocycles. The zero-order chi connectivity index (χ0) is 21.0. The summed E-state index contributed by atoms with van der Waals surface area (Å²) >= 11 is 12.0. The van der Waals surface area contributed by atoms with Gasteiger partial charge in [0.15, 0.2) is 0 Å². The minimum atomic E-state index is -0.528. The van der Waals surface area contributed by atoms with Crippen molar-refractivity contribution in [3.63, 3.8) is 0 Å². The Morgan fingerprint density at radius 1 is 1.17 bits per heavy atom. The monoisotopic (exact) mass is 434 g/mol. The maximum Gasteiger partial charge on any atom is 0.253 e. The average molecular weight is 435 g/mol. The number of rotatable bonds is 6. The molecule has 1 atom stereocenters. The molecule has 0 bridgehead atoms. The van der Waals surface area contributed by atoms with Crippen molar-refractivity contribution < 1.29 is 14.3 Å². The molecule has 0 saturated carbocycles. The third-order valence-corrected chi connectivity index (χ3v) is 5.94. The van der Waals surface area contributed by atoms with E-state index in [1.807, 2.05) is 13.0 Å². The second-order valence-corrected chi connectivity index (χ2v) is 8.52. The first-order chi connectivity index (χ1) is 13.8. The fraction of sp³-hybridized carbons (Fsp3) is 0.364. The molecule has 1 fully saturated rings. The molecule has 154 valence electrons. The molecule has 3 rings (SSSR count). The van der Waals surface area contributed by atoms with Gasteiger partial charge in [-0.2, -0.15) is 0 Å². The molecule has 1 saturated heterocycles. The van der Waals surface area contributed by atoms with E-state index in [1.165, 1.54) is 0 Å². The van der Waals surface area contributed by atoms with Crippen molar-refractivity contribution >= 4 is 35.0 Å². The number of likely N-dealkylation sites (tertiary alicyclic amines) is 1. The van der Waals surface area contributed by atoms with E-state index in [4.69, 9.17) is 33.7 Å². The topological polar surface area (TPSA) is 72.6 Å². The van der Waals surface area contributed by atoms with Gasteiger partial charge >= 0.3 is 0 Å². The average Bonchev–Trinajstić information content (AvgIpc) is 2.69. The van der Waals surface area contributed by atoms with E-state index in [0.29, 0.717) is 41.1 Å². The molecule has 1 heterocycles. The van der Waals surface area contributed by atoms with Gasteiger partial charge in [-0.1, -0.05) is 23.2 Å². The Morgan fingerprint density at radius 3 is 2.55 bits per heavy atom. The number of ether oxygens (including phenoxy) is 1. The van der Waals surface area contributed by atoms with E-state index >= 15 is 0 Å². The number of amides is 2. The first-order valence-corrected chi connectivity index (χ1v) is 10.3. The van der Waals surface area contributed by atoms with Crippen LogP contribution in [0.3, 0.4) is 0 Å². The molecule has 2 amide bonds. The molecule has 2 aromatic rings. The quantitative estimate of drug-likeness (QED) is 0.727. The third-order valence-electron chi connectivity index (χ3n) is 5.26. The summed E-state index contributed by atoms with van der Waals surface area (Å²) in [6.07, 6.45) is 1.69. The molecule has 2 N–H and O–H groups in total. The van der Waals surface area contributed by atoms with Crippen LogP contribution in [0, 0.1) is 12.3 Å². The summed E-state index contributed by atoms with van der Waals surface area (Å²) in [6, 6.07) is 12.3. The highest BCUT2D eigenvalue weighted by atomic mass is 35.5. The van der Waals surface area contributed by atoms with E-state index in [-0.39, 0.29) is 12.3 Å². The Morgan fingerprint density at radius 2 is 1.90 bits per heavy atom. The molecule has 1 aliphatic rings. The van der Waals surface area contributed by atoms with Crippen LogP contribution in [-0.2, 0) is 4.79 Å². The van der Waals surface area contributed by atoms with E-state index in [1.54, 1.807) is 41.3 Å². The lowest BCUT2D eigenvalue weighted by atomic mass is 9.77. The van der Waals surface area contributed by atoms with Crippen LogP contribution < -0.4 is 10.5 Å². The van der Waals surface area contributed by atoms with Crippen molar-refractivity contribution in [2.45, 2.75) is 26.2 Å². The summed E-state index contributed by atoms with van der Waals surface area (Å²) in [4.78, 5) is 26.5. The van der Waals surface area contributed by atoms with Gasteiger partial charge in [-0.05, 0) is 67.8 Å². The highest BCUT2D eigenvalue weighted by Crippen LogP contribution is 2.35. The predicted octanol–water partition coefficient (Wildman–Crippen LogP) is 4.48. The van der Waals surface area contributed by atoms with Crippen LogP contribution in [0.25, 0.3) is 0 Å². The lowest BCUT2D eigenvalue weighted by Crippen LogP contribution is -2.50. The van der Waals surface area contributed by atoms with Crippen LogP contribution in [0.15, 0.2) is 42.5 Å². The van der Waals surface area contributed by atoms with E-state index < -0.39 is 11.3 Å². The normalized spacial score (nSPS) is 19.1. The second kappa shape index (κ2) is 9.06. The Balaban J connectivity index is 1.77. The number of benzene rings is 2. The maximum absolute atomic E-state index is 13.0. The number of primary amides is 1. The number of carbonyl (C=O) groups excluding carboxylic acids is 2. The van der Waals surface area contributed by atoms with Gasteiger partial charge in [0.25, 0.3) is 5.91 Å². The second-order valence-electron chi connectivity index (χ2n) is 7.68. The van der Waals surface area contributed by atoms with Crippen LogP contribution >= 0.6 is 23.2 Å². The number of aryl methyl sites for hydroxylation is 1. The summed E-state index contributed by atoms with van der Waals surface area (Å²) in [6.45, 7) is 3.23. The van der Waals surface area contributed by atoms with Crippen LogP contribution in [-0.4, -0.2) is 36.4 Å². The van der Waals surface area contributed by atoms with Gasteiger partial charge in [0.2, 0.25) is 5.91 Å².